The summed E-state index contributed by atoms with van der Waals surface area (Å²) in [5.41, 5.74) is 3.32. The van der Waals surface area contributed by atoms with Crippen molar-refractivity contribution in [2.24, 2.45) is 0 Å². The second-order valence-electron chi connectivity index (χ2n) is 6.52. The number of rotatable bonds is 4. The van der Waals surface area contributed by atoms with E-state index < -0.39 is 5.41 Å². The minimum Gasteiger partial charge on any atom is -0.326 e. The summed E-state index contributed by atoms with van der Waals surface area (Å²) in [4.78, 5) is 24.0. The molecule has 2 aromatic carbocycles. The molecule has 0 saturated heterocycles. The molecule has 0 atom stereocenters. The third-order valence-electron chi connectivity index (χ3n) is 4.68. The Morgan fingerprint density at radius 2 is 1.58 bits per heavy atom. The molecule has 3 rings (SSSR count). The third kappa shape index (κ3) is 3.18. The average molecular weight is 322 g/mol. The van der Waals surface area contributed by atoms with Crippen molar-refractivity contribution < 1.29 is 9.59 Å². The van der Waals surface area contributed by atoms with Gasteiger partial charge in [0.05, 0.1) is 5.41 Å². The molecule has 0 spiro atoms. The minimum absolute atomic E-state index is 0.0478. The van der Waals surface area contributed by atoms with Gasteiger partial charge in [-0.15, -0.1) is 0 Å². The molecule has 1 fully saturated rings. The Bertz CT molecular complexity index is 761. The summed E-state index contributed by atoms with van der Waals surface area (Å²) >= 11 is 0. The van der Waals surface area contributed by atoms with Crippen molar-refractivity contribution in [1.82, 2.24) is 0 Å². The number of carbonyl (C=O) groups excluding carboxylic acids is 2. The summed E-state index contributed by atoms with van der Waals surface area (Å²) in [6.07, 6.45) is 2.83. The smallest absolute Gasteiger partial charge is 0.235 e. The van der Waals surface area contributed by atoms with Gasteiger partial charge in [-0.25, -0.2) is 0 Å². The molecule has 24 heavy (non-hydrogen) atoms. The van der Waals surface area contributed by atoms with Crippen LogP contribution in [0.1, 0.15) is 37.3 Å². The summed E-state index contributed by atoms with van der Waals surface area (Å²) < 4.78 is 0. The molecule has 0 heterocycles. The van der Waals surface area contributed by atoms with Crippen LogP contribution in [0.5, 0.6) is 0 Å². The Labute approximate surface area is 142 Å². The zero-order valence-corrected chi connectivity index (χ0v) is 14.1. The predicted molar refractivity (Wildman–Crippen MR) is 96.1 cm³/mol. The van der Waals surface area contributed by atoms with Gasteiger partial charge in [0.25, 0.3) is 0 Å². The molecule has 0 radical (unpaired) electrons. The first-order valence-corrected chi connectivity index (χ1v) is 8.26. The van der Waals surface area contributed by atoms with Gasteiger partial charge in [-0.3, -0.25) is 9.59 Å². The van der Waals surface area contributed by atoms with Crippen molar-refractivity contribution in [3.8, 4) is 0 Å². The van der Waals surface area contributed by atoms with Crippen LogP contribution in [0.15, 0.2) is 48.5 Å². The van der Waals surface area contributed by atoms with Gasteiger partial charge in [0.1, 0.15) is 0 Å². The highest BCUT2D eigenvalue weighted by molar-refractivity contribution is 6.00. The number of benzene rings is 2. The van der Waals surface area contributed by atoms with Gasteiger partial charge in [-0.2, -0.15) is 0 Å². The average Bonchev–Trinajstić information content (AvgIpc) is 2.48. The molecular formula is C20H22N2O2. The molecule has 2 amide bonds. The fourth-order valence-corrected chi connectivity index (χ4v) is 3.21. The van der Waals surface area contributed by atoms with Crippen LogP contribution < -0.4 is 10.6 Å². The highest BCUT2D eigenvalue weighted by Crippen LogP contribution is 2.44. The van der Waals surface area contributed by atoms with E-state index in [1.54, 1.807) is 12.1 Å². The zero-order chi connectivity index (χ0) is 17.2. The Kier molecular flexibility index (Phi) is 4.38. The van der Waals surface area contributed by atoms with Crippen molar-refractivity contribution in [1.29, 1.82) is 0 Å². The van der Waals surface area contributed by atoms with E-state index in [0.29, 0.717) is 0 Å². The molecule has 1 aliphatic rings. The van der Waals surface area contributed by atoms with E-state index in [2.05, 4.69) is 29.7 Å². The van der Waals surface area contributed by atoms with Crippen LogP contribution in [-0.2, 0) is 15.0 Å². The van der Waals surface area contributed by atoms with Crippen molar-refractivity contribution in [2.75, 3.05) is 10.6 Å². The molecule has 0 bridgehead atoms. The Morgan fingerprint density at radius 3 is 2.08 bits per heavy atom. The Hall–Kier alpha value is -2.62. The Morgan fingerprint density at radius 1 is 0.958 bits per heavy atom. The van der Waals surface area contributed by atoms with E-state index in [9.17, 15) is 9.59 Å². The molecule has 1 saturated carbocycles. The maximum absolute atomic E-state index is 12.9. The van der Waals surface area contributed by atoms with Gasteiger partial charge in [0, 0.05) is 18.3 Å². The second-order valence-corrected chi connectivity index (χ2v) is 6.52. The number of nitrogens with one attached hydrogen (secondary N) is 2. The third-order valence-corrected chi connectivity index (χ3v) is 4.68. The summed E-state index contributed by atoms with van der Waals surface area (Å²) in [6, 6.07) is 15.4. The summed E-state index contributed by atoms with van der Waals surface area (Å²) in [5, 5.41) is 5.75. The fraction of sp³-hybridized carbons (Fsp3) is 0.300. The minimum atomic E-state index is -0.414. The lowest BCUT2D eigenvalue weighted by Crippen LogP contribution is -2.46. The first-order chi connectivity index (χ1) is 11.5. The molecule has 4 heteroatoms. The van der Waals surface area contributed by atoms with Crippen LogP contribution in [-0.4, -0.2) is 11.8 Å². The van der Waals surface area contributed by atoms with Gasteiger partial charge in [-0.05, 0) is 49.6 Å². The van der Waals surface area contributed by atoms with Gasteiger partial charge >= 0.3 is 0 Å². The van der Waals surface area contributed by atoms with Crippen LogP contribution in [0.3, 0.4) is 0 Å². The number of anilines is 2. The number of hydrogen-bond donors (Lipinski definition) is 2. The lowest BCUT2D eigenvalue weighted by molar-refractivity contribution is -0.124. The van der Waals surface area contributed by atoms with Crippen LogP contribution in [0.4, 0.5) is 11.4 Å². The van der Waals surface area contributed by atoms with Crippen LogP contribution >= 0.6 is 0 Å². The van der Waals surface area contributed by atoms with Gasteiger partial charge < -0.3 is 10.6 Å². The predicted octanol–water partition coefficient (Wildman–Crippen LogP) is 4.01. The number of amides is 2. The maximum atomic E-state index is 12.9. The number of hydrogen-bond acceptors (Lipinski definition) is 2. The van der Waals surface area contributed by atoms with Gasteiger partial charge in [-0.1, -0.05) is 36.2 Å². The first-order valence-electron chi connectivity index (χ1n) is 8.26. The molecule has 124 valence electrons. The zero-order valence-electron chi connectivity index (χ0n) is 14.1. The van der Waals surface area contributed by atoms with E-state index in [0.717, 1.165) is 36.2 Å². The molecule has 0 aliphatic heterocycles. The van der Waals surface area contributed by atoms with E-state index in [-0.39, 0.29) is 11.8 Å². The number of aryl methyl sites for hydroxylation is 1. The van der Waals surface area contributed by atoms with Crippen molar-refractivity contribution in [2.45, 2.75) is 38.5 Å². The molecule has 4 nitrogen and oxygen atoms in total. The fourth-order valence-electron chi connectivity index (χ4n) is 3.21. The molecule has 0 aromatic heterocycles. The molecule has 0 unspecified atom stereocenters. The molecule has 1 aliphatic carbocycles. The van der Waals surface area contributed by atoms with E-state index in [4.69, 9.17) is 0 Å². The van der Waals surface area contributed by atoms with Crippen LogP contribution in [0.2, 0.25) is 0 Å². The summed E-state index contributed by atoms with van der Waals surface area (Å²) in [7, 11) is 0. The van der Waals surface area contributed by atoms with Crippen LogP contribution in [0.25, 0.3) is 0 Å². The SMILES string of the molecule is CC(=O)Nc1ccc(NC(=O)C2(c3cccc(C)c3)CCC2)cc1. The largest absolute Gasteiger partial charge is 0.326 e. The standard InChI is InChI=1S/C20H22N2O2/c1-14-5-3-6-16(13-14)20(11-4-12-20)19(24)22-18-9-7-17(8-10-18)21-15(2)23/h3,5-10,13H,4,11-12H2,1-2H3,(H,21,23)(H,22,24). The Balaban J connectivity index is 1.77. The first kappa shape index (κ1) is 16.2. The molecule has 2 aromatic rings. The summed E-state index contributed by atoms with van der Waals surface area (Å²) in [5.74, 6) is -0.0636. The van der Waals surface area contributed by atoms with E-state index in [1.165, 1.54) is 12.5 Å². The van der Waals surface area contributed by atoms with Crippen molar-refractivity contribution in [3.05, 3.63) is 59.7 Å². The quantitative estimate of drug-likeness (QED) is 0.893. The highest BCUT2D eigenvalue weighted by atomic mass is 16.2. The maximum Gasteiger partial charge on any atom is 0.235 e. The number of carbonyl (C=O) groups is 2. The molecular weight excluding hydrogens is 300 g/mol. The van der Waals surface area contributed by atoms with Crippen LogP contribution in [0, 0.1) is 6.92 Å². The lowest BCUT2D eigenvalue weighted by atomic mass is 9.63. The van der Waals surface area contributed by atoms with Gasteiger partial charge in [0.15, 0.2) is 0 Å². The van der Waals surface area contributed by atoms with E-state index in [1.807, 2.05) is 24.3 Å². The van der Waals surface area contributed by atoms with Crippen molar-refractivity contribution in [3.63, 3.8) is 0 Å². The normalized spacial score (nSPS) is 15.2. The second kappa shape index (κ2) is 6.48. The molecule has 2 N–H and O–H groups in total. The lowest BCUT2D eigenvalue weighted by Gasteiger charge is -2.41. The topological polar surface area (TPSA) is 58.2 Å². The highest BCUT2D eigenvalue weighted by Gasteiger charge is 2.45. The summed E-state index contributed by atoms with van der Waals surface area (Å²) in [6.45, 7) is 3.52. The van der Waals surface area contributed by atoms with E-state index >= 15 is 0 Å². The van der Waals surface area contributed by atoms with Gasteiger partial charge in [0.2, 0.25) is 11.8 Å². The van der Waals surface area contributed by atoms with Crippen molar-refractivity contribution >= 4 is 23.2 Å². The monoisotopic (exact) mass is 322 g/mol.